The quantitative estimate of drug-likeness (QED) is 0.108. The second-order valence-electron chi connectivity index (χ2n) is 9.42. The lowest BCUT2D eigenvalue weighted by atomic mass is 9.99. The number of esters is 1. The third-order valence-electron chi connectivity index (χ3n) is 6.03. The summed E-state index contributed by atoms with van der Waals surface area (Å²) in [6, 6.07) is 7.14. The largest absolute Gasteiger partial charge is 0.462 e. The Morgan fingerprint density at radius 3 is 2.68 bits per heavy atom. The van der Waals surface area contributed by atoms with Crippen molar-refractivity contribution in [3.8, 4) is 18.1 Å². The van der Waals surface area contributed by atoms with Crippen LogP contribution in [0.25, 0.3) is 11.2 Å². The van der Waals surface area contributed by atoms with E-state index in [4.69, 9.17) is 42.3 Å². The Morgan fingerprint density at radius 2 is 2.05 bits per heavy atom. The molecule has 2 aromatic heterocycles. The van der Waals surface area contributed by atoms with Gasteiger partial charge in [0.15, 0.2) is 28.1 Å². The Bertz CT molecular complexity index is 1480. The number of nitrogens with two attached hydrogens (primary N) is 1. The number of nitrogen functional groups attached to an aromatic ring is 1. The van der Waals surface area contributed by atoms with Gasteiger partial charge in [-0.05, 0) is 32.9 Å². The summed E-state index contributed by atoms with van der Waals surface area (Å²) in [5.41, 5.74) is 6.47. The molecule has 1 aromatic carbocycles. The van der Waals surface area contributed by atoms with Crippen molar-refractivity contribution in [2.45, 2.75) is 56.2 Å². The molecule has 1 saturated heterocycles. The Balaban J connectivity index is 1.60. The number of para-hydroxylation sites is 1. The lowest BCUT2D eigenvalue weighted by Crippen LogP contribution is -2.41. The van der Waals surface area contributed by atoms with Crippen molar-refractivity contribution < 1.29 is 33.0 Å². The van der Waals surface area contributed by atoms with Gasteiger partial charge in [-0.1, -0.05) is 35.7 Å². The number of nitrogens with zero attached hydrogens (tertiary/aromatic N) is 4. The van der Waals surface area contributed by atoms with Crippen molar-refractivity contribution in [3.63, 3.8) is 0 Å². The fourth-order valence-electron chi connectivity index (χ4n) is 4.10. The number of benzene rings is 1. The Kier molecular flexibility index (Phi) is 9.08. The van der Waals surface area contributed by atoms with E-state index in [9.17, 15) is 14.5 Å². The van der Waals surface area contributed by atoms with E-state index in [2.05, 4.69) is 31.3 Å². The third-order valence-corrected chi connectivity index (χ3v) is 8.19. The molecule has 0 spiro atoms. The summed E-state index contributed by atoms with van der Waals surface area (Å²) in [4.78, 5) is 23.2. The topological polar surface area (TPSA) is 185 Å². The maximum absolute atomic E-state index is 13.8. The van der Waals surface area contributed by atoms with E-state index >= 15 is 0 Å². The smallest absolute Gasteiger partial charge is 0.459 e. The number of terminal acetylenes is 1. The first-order valence-corrected chi connectivity index (χ1v) is 14.5. The molecule has 0 saturated carbocycles. The number of carbonyl (C=O) groups excluding carboxylic acids is 1. The number of hydrogen-bond acceptors (Lipinski definition) is 12. The lowest BCUT2D eigenvalue weighted by molar-refractivity contribution is -0.149. The molecular weight excluding hydrogens is 577 g/mol. The number of halogens is 1. The van der Waals surface area contributed by atoms with Gasteiger partial charge in [0.1, 0.15) is 24.0 Å². The normalized spacial score (nSPS) is 24.5. The SMILES string of the molecule is C#C[C@@]1(Cl)[C@H](O)[C@@H](CO[P@@](=O)(N[C@H](C)C(=O)OC(C)C)Oc2ccccc2)O[C@H]1n1cnc2c(NC)nc(N)nc21. The molecule has 0 radical (unpaired) electrons. The van der Waals surface area contributed by atoms with E-state index in [1.165, 1.54) is 17.8 Å². The van der Waals surface area contributed by atoms with Crippen LogP contribution in [-0.4, -0.2) is 73.5 Å². The summed E-state index contributed by atoms with van der Waals surface area (Å²) < 4.78 is 37.8. The van der Waals surface area contributed by atoms with Crippen LogP contribution in [-0.2, 0) is 23.4 Å². The summed E-state index contributed by atoms with van der Waals surface area (Å²) in [6.45, 7) is 4.32. The Labute approximate surface area is 241 Å². The van der Waals surface area contributed by atoms with Crippen LogP contribution in [0, 0.1) is 12.3 Å². The molecule has 220 valence electrons. The fourth-order valence-corrected chi connectivity index (χ4v) is 5.90. The number of alkyl halides is 1. The Morgan fingerprint density at radius 1 is 1.34 bits per heavy atom. The standard InChI is InChI=1S/C25H31ClN7O7P/c1-6-25(26)19(34)17(39-23(25)33-13-29-18-20(28-5)30-24(27)31-21(18)33)12-37-41(36,40-16-10-8-7-9-11-16)32-15(4)22(35)38-14(2)3/h1,7-11,13-15,17,19,23,34H,12H2,2-5H3,(H,32,36)(H3,27,28,30,31)/t15-,17-,19-,23-,25-,41+/m1/s1. The summed E-state index contributed by atoms with van der Waals surface area (Å²) in [5.74, 6) is 2.24. The van der Waals surface area contributed by atoms with Gasteiger partial charge in [0.25, 0.3) is 0 Å². The van der Waals surface area contributed by atoms with E-state index in [-0.39, 0.29) is 17.3 Å². The number of carbonyl (C=O) groups is 1. The highest BCUT2D eigenvalue weighted by Gasteiger charge is 2.56. The van der Waals surface area contributed by atoms with E-state index < -0.39 is 55.8 Å². The highest BCUT2D eigenvalue weighted by Crippen LogP contribution is 2.48. The molecule has 1 fully saturated rings. The molecular formula is C25H31ClN7O7P. The van der Waals surface area contributed by atoms with Crippen molar-refractivity contribution in [3.05, 3.63) is 36.7 Å². The average Bonchev–Trinajstić information content (AvgIpc) is 3.45. The highest BCUT2D eigenvalue weighted by atomic mass is 35.5. The van der Waals surface area contributed by atoms with Crippen LogP contribution in [0.15, 0.2) is 36.7 Å². The minimum atomic E-state index is -4.26. The number of nitrogens with one attached hydrogen (secondary N) is 2. The van der Waals surface area contributed by atoms with Gasteiger partial charge >= 0.3 is 13.7 Å². The van der Waals surface area contributed by atoms with E-state index in [0.29, 0.717) is 11.3 Å². The molecule has 1 aliphatic heterocycles. The lowest BCUT2D eigenvalue weighted by Gasteiger charge is -2.26. The number of hydrogen-bond donors (Lipinski definition) is 4. The highest BCUT2D eigenvalue weighted by molar-refractivity contribution is 7.52. The van der Waals surface area contributed by atoms with Gasteiger partial charge < -0.3 is 30.2 Å². The first kappa shape index (κ1) is 30.5. The van der Waals surface area contributed by atoms with Crippen molar-refractivity contribution in [1.82, 2.24) is 24.6 Å². The minimum Gasteiger partial charge on any atom is -0.462 e. The molecule has 5 N–H and O–H groups in total. The molecule has 0 unspecified atom stereocenters. The van der Waals surface area contributed by atoms with Crippen molar-refractivity contribution >= 4 is 48.2 Å². The van der Waals surface area contributed by atoms with Crippen molar-refractivity contribution in [1.29, 1.82) is 0 Å². The van der Waals surface area contributed by atoms with Crippen LogP contribution in [0.5, 0.6) is 5.75 Å². The molecule has 4 rings (SSSR count). The van der Waals surface area contributed by atoms with E-state index in [1.807, 2.05) is 0 Å². The maximum atomic E-state index is 13.8. The monoisotopic (exact) mass is 607 g/mol. The molecule has 41 heavy (non-hydrogen) atoms. The van der Waals surface area contributed by atoms with Gasteiger partial charge in [0.2, 0.25) is 5.95 Å². The number of rotatable bonds is 11. The molecule has 14 nitrogen and oxygen atoms in total. The van der Waals surface area contributed by atoms with Gasteiger partial charge in [-0.3, -0.25) is 13.9 Å². The zero-order valence-electron chi connectivity index (χ0n) is 22.7. The molecule has 3 aromatic rings. The predicted molar refractivity (Wildman–Crippen MR) is 151 cm³/mol. The summed E-state index contributed by atoms with van der Waals surface area (Å²) in [5, 5.41) is 16.6. The molecule has 0 amide bonds. The number of fused-ring (bicyclic) bond motifs is 1. The summed E-state index contributed by atoms with van der Waals surface area (Å²) in [6.07, 6.45) is 2.85. The molecule has 3 heterocycles. The van der Waals surface area contributed by atoms with Crippen molar-refractivity contribution in [2.24, 2.45) is 0 Å². The maximum Gasteiger partial charge on any atom is 0.459 e. The van der Waals surface area contributed by atoms with E-state index in [0.717, 1.165) is 0 Å². The van der Waals surface area contributed by atoms with Gasteiger partial charge in [-0.15, -0.1) is 6.42 Å². The van der Waals surface area contributed by atoms with Crippen molar-refractivity contribution in [2.75, 3.05) is 24.7 Å². The van der Waals surface area contributed by atoms with Crippen LogP contribution in [0.1, 0.15) is 27.0 Å². The zero-order chi connectivity index (χ0) is 29.9. The van der Waals surface area contributed by atoms with Gasteiger partial charge in [0.05, 0.1) is 19.0 Å². The number of aromatic nitrogens is 4. The van der Waals surface area contributed by atoms with Gasteiger partial charge in [-0.25, -0.2) is 9.55 Å². The molecule has 0 aliphatic carbocycles. The number of aliphatic hydroxyl groups is 1. The molecule has 1 aliphatic rings. The number of anilines is 2. The molecule has 16 heteroatoms. The Hall–Kier alpha value is -3.44. The number of ether oxygens (including phenoxy) is 2. The predicted octanol–water partition coefficient (Wildman–Crippen LogP) is 2.45. The summed E-state index contributed by atoms with van der Waals surface area (Å²) in [7, 11) is -2.62. The average molecular weight is 608 g/mol. The molecule has 0 bridgehead atoms. The van der Waals surface area contributed by atoms with Gasteiger partial charge in [0, 0.05) is 7.05 Å². The van der Waals surface area contributed by atoms with Gasteiger partial charge in [-0.2, -0.15) is 15.1 Å². The second kappa shape index (κ2) is 12.2. The minimum absolute atomic E-state index is 0.0434. The first-order valence-electron chi connectivity index (χ1n) is 12.6. The van der Waals surface area contributed by atoms with Crippen LogP contribution in [0.3, 0.4) is 0 Å². The van der Waals surface area contributed by atoms with Crippen LogP contribution >= 0.6 is 19.3 Å². The third kappa shape index (κ3) is 6.41. The summed E-state index contributed by atoms with van der Waals surface area (Å²) >= 11 is 6.74. The van der Waals surface area contributed by atoms with Crippen LogP contribution in [0.4, 0.5) is 11.8 Å². The number of aliphatic hydroxyl groups excluding tert-OH is 1. The van der Waals surface area contributed by atoms with Crippen LogP contribution in [0.2, 0.25) is 0 Å². The van der Waals surface area contributed by atoms with Crippen LogP contribution < -0.4 is 20.7 Å². The molecule has 6 atom stereocenters. The number of imidazole rings is 1. The first-order chi connectivity index (χ1) is 19.4. The zero-order valence-corrected chi connectivity index (χ0v) is 24.4. The second-order valence-corrected chi connectivity index (χ2v) is 11.7. The fraction of sp³-hybridized carbons (Fsp3) is 0.440. The van der Waals surface area contributed by atoms with E-state index in [1.54, 1.807) is 51.2 Å².